The molecule has 11 heteroatoms. The van der Waals surface area contributed by atoms with Crippen molar-refractivity contribution < 1.29 is 17.9 Å². The minimum atomic E-state index is -3.67. The molecule has 0 spiro atoms. The second-order valence-electron chi connectivity index (χ2n) is 5.85. The minimum Gasteiger partial charge on any atom is -0.378 e. The van der Waals surface area contributed by atoms with E-state index in [2.05, 4.69) is 20.5 Å². The molecular weight excluding hydrogens is 360 g/mol. The van der Waals surface area contributed by atoms with Gasteiger partial charge >= 0.3 is 0 Å². The number of ether oxygens (including phenoxy) is 1. The van der Waals surface area contributed by atoms with Crippen molar-refractivity contribution in [1.82, 2.24) is 19.5 Å². The molecule has 1 aromatic carbocycles. The van der Waals surface area contributed by atoms with E-state index in [-0.39, 0.29) is 16.4 Å². The fourth-order valence-electron chi connectivity index (χ4n) is 2.59. The van der Waals surface area contributed by atoms with Crippen LogP contribution in [0.2, 0.25) is 0 Å². The van der Waals surface area contributed by atoms with E-state index >= 15 is 0 Å². The number of nitrogens with one attached hydrogen (secondary N) is 2. The SMILES string of the molecule is CN(C)S(=O)(=O)c1ccc(N2CCOCC2)c(C(=O)Nc2ncn[nH]2)c1. The summed E-state index contributed by atoms with van der Waals surface area (Å²) in [4.78, 5) is 18.7. The van der Waals surface area contributed by atoms with Crippen LogP contribution in [0.3, 0.4) is 0 Å². The summed E-state index contributed by atoms with van der Waals surface area (Å²) < 4.78 is 31.3. The van der Waals surface area contributed by atoms with Gasteiger partial charge in [0, 0.05) is 32.9 Å². The standard InChI is InChI=1S/C15H20N6O4S/c1-20(2)26(23,24)11-3-4-13(21-5-7-25-8-6-21)12(9-11)14(22)18-15-16-10-17-19-15/h3-4,9-10H,5-8H2,1-2H3,(H2,16,17,18,19,22). The first-order valence-electron chi connectivity index (χ1n) is 7.95. The molecule has 0 unspecified atom stereocenters. The Balaban J connectivity index is 2.02. The number of aromatic amines is 1. The topological polar surface area (TPSA) is 121 Å². The molecule has 0 bridgehead atoms. The summed E-state index contributed by atoms with van der Waals surface area (Å²) in [7, 11) is -0.780. The molecule has 0 saturated carbocycles. The number of carbonyl (C=O) groups excluding carboxylic acids is 1. The maximum Gasteiger partial charge on any atom is 0.260 e. The average molecular weight is 380 g/mol. The molecule has 26 heavy (non-hydrogen) atoms. The molecule has 3 rings (SSSR count). The maximum absolute atomic E-state index is 12.8. The Bertz CT molecular complexity index is 876. The molecule has 0 aliphatic carbocycles. The van der Waals surface area contributed by atoms with Crippen molar-refractivity contribution in [3.63, 3.8) is 0 Å². The predicted octanol–water partition coefficient (Wildman–Crippen LogP) is 0.144. The Morgan fingerprint density at radius 3 is 2.65 bits per heavy atom. The third kappa shape index (κ3) is 3.69. The maximum atomic E-state index is 12.8. The lowest BCUT2D eigenvalue weighted by atomic mass is 10.1. The van der Waals surface area contributed by atoms with E-state index in [1.807, 2.05) is 4.90 Å². The summed E-state index contributed by atoms with van der Waals surface area (Å²) in [6, 6.07) is 4.54. The summed E-state index contributed by atoms with van der Waals surface area (Å²) in [5, 5.41) is 8.82. The number of aromatic nitrogens is 3. The highest BCUT2D eigenvalue weighted by Gasteiger charge is 2.24. The minimum absolute atomic E-state index is 0.0437. The van der Waals surface area contributed by atoms with E-state index in [9.17, 15) is 13.2 Å². The van der Waals surface area contributed by atoms with Gasteiger partial charge in [-0.3, -0.25) is 10.1 Å². The molecule has 1 aliphatic heterocycles. The fourth-order valence-corrected chi connectivity index (χ4v) is 3.52. The van der Waals surface area contributed by atoms with Gasteiger partial charge in [-0.1, -0.05) is 0 Å². The Kier molecular flexibility index (Phi) is 5.20. The smallest absolute Gasteiger partial charge is 0.260 e. The van der Waals surface area contributed by atoms with Crippen LogP contribution >= 0.6 is 0 Å². The Hall–Kier alpha value is -2.50. The molecule has 1 amide bonds. The molecule has 10 nitrogen and oxygen atoms in total. The average Bonchev–Trinajstić information content (AvgIpc) is 3.14. The van der Waals surface area contributed by atoms with Gasteiger partial charge in [0.25, 0.3) is 5.91 Å². The van der Waals surface area contributed by atoms with Crippen LogP contribution in [-0.4, -0.2) is 74.2 Å². The summed E-state index contributed by atoms with van der Waals surface area (Å²) in [5.74, 6) is -0.289. The van der Waals surface area contributed by atoms with Gasteiger partial charge in [-0.25, -0.2) is 17.8 Å². The van der Waals surface area contributed by atoms with Crippen LogP contribution in [0.4, 0.5) is 11.6 Å². The zero-order valence-corrected chi connectivity index (χ0v) is 15.3. The van der Waals surface area contributed by atoms with E-state index < -0.39 is 15.9 Å². The molecular formula is C15H20N6O4S. The van der Waals surface area contributed by atoms with Gasteiger partial charge in [-0.2, -0.15) is 10.1 Å². The number of hydrogen-bond donors (Lipinski definition) is 2. The Labute approximate surface area is 151 Å². The van der Waals surface area contributed by atoms with Crippen molar-refractivity contribution in [2.45, 2.75) is 4.90 Å². The third-order valence-corrected chi connectivity index (χ3v) is 5.80. The number of anilines is 2. The van der Waals surface area contributed by atoms with Crippen LogP contribution in [0.1, 0.15) is 10.4 Å². The second-order valence-corrected chi connectivity index (χ2v) is 8.01. The Morgan fingerprint density at radius 2 is 2.04 bits per heavy atom. The number of rotatable bonds is 5. The molecule has 1 aromatic heterocycles. The van der Waals surface area contributed by atoms with E-state index in [4.69, 9.17) is 4.74 Å². The zero-order chi connectivity index (χ0) is 18.7. The van der Waals surface area contributed by atoms with Crippen molar-refractivity contribution in [1.29, 1.82) is 0 Å². The van der Waals surface area contributed by atoms with E-state index in [1.54, 1.807) is 6.07 Å². The number of H-pyrrole nitrogens is 1. The third-order valence-electron chi connectivity index (χ3n) is 3.99. The van der Waals surface area contributed by atoms with E-state index in [1.165, 1.54) is 32.6 Å². The number of carbonyl (C=O) groups is 1. The number of nitrogens with zero attached hydrogens (tertiary/aromatic N) is 4. The molecule has 2 N–H and O–H groups in total. The summed E-state index contributed by atoms with van der Waals surface area (Å²) in [6.07, 6.45) is 1.27. The first kappa shape index (κ1) is 18.3. The van der Waals surface area contributed by atoms with Crippen molar-refractivity contribution in [3.8, 4) is 0 Å². The zero-order valence-electron chi connectivity index (χ0n) is 14.5. The van der Waals surface area contributed by atoms with E-state index in [0.717, 1.165) is 4.31 Å². The molecule has 140 valence electrons. The number of benzene rings is 1. The molecule has 0 radical (unpaired) electrons. The van der Waals surface area contributed by atoms with Gasteiger partial charge in [-0.05, 0) is 18.2 Å². The van der Waals surface area contributed by atoms with Crippen LogP contribution in [0, 0.1) is 0 Å². The van der Waals surface area contributed by atoms with Gasteiger partial charge in [0.2, 0.25) is 16.0 Å². The molecule has 1 aliphatic rings. The molecule has 1 fully saturated rings. The second kappa shape index (κ2) is 7.40. The number of hydrogen-bond acceptors (Lipinski definition) is 7. The lowest BCUT2D eigenvalue weighted by Crippen LogP contribution is -2.37. The summed E-state index contributed by atoms with van der Waals surface area (Å²) >= 11 is 0. The van der Waals surface area contributed by atoms with Crippen LogP contribution in [0.5, 0.6) is 0 Å². The Morgan fingerprint density at radius 1 is 1.31 bits per heavy atom. The normalized spacial score (nSPS) is 15.3. The monoisotopic (exact) mass is 380 g/mol. The van der Waals surface area contributed by atoms with Crippen molar-refractivity contribution in [3.05, 3.63) is 30.1 Å². The summed E-state index contributed by atoms with van der Waals surface area (Å²) in [5.41, 5.74) is 0.884. The number of morpholine rings is 1. The van der Waals surface area contributed by atoms with Crippen LogP contribution in [0.15, 0.2) is 29.4 Å². The van der Waals surface area contributed by atoms with Crippen LogP contribution < -0.4 is 10.2 Å². The van der Waals surface area contributed by atoms with Crippen molar-refractivity contribution >= 4 is 27.6 Å². The first-order chi connectivity index (χ1) is 12.4. The van der Waals surface area contributed by atoms with Crippen molar-refractivity contribution in [2.24, 2.45) is 0 Å². The lowest BCUT2D eigenvalue weighted by molar-refractivity contribution is 0.102. The van der Waals surface area contributed by atoms with Crippen molar-refractivity contribution in [2.75, 3.05) is 50.6 Å². The molecule has 2 heterocycles. The fraction of sp³-hybridized carbons (Fsp3) is 0.400. The number of sulfonamides is 1. The van der Waals surface area contributed by atoms with Gasteiger partial charge in [0.1, 0.15) is 6.33 Å². The van der Waals surface area contributed by atoms with Gasteiger partial charge in [0.15, 0.2) is 0 Å². The quantitative estimate of drug-likeness (QED) is 0.757. The van der Waals surface area contributed by atoms with Gasteiger partial charge in [0.05, 0.1) is 23.7 Å². The predicted molar refractivity (Wildman–Crippen MR) is 94.7 cm³/mol. The van der Waals surface area contributed by atoms with Crippen LogP contribution in [0.25, 0.3) is 0 Å². The number of amides is 1. The molecule has 1 saturated heterocycles. The lowest BCUT2D eigenvalue weighted by Gasteiger charge is -2.30. The summed E-state index contributed by atoms with van der Waals surface area (Å²) in [6.45, 7) is 2.31. The van der Waals surface area contributed by atoms with Gasteiger partial charge in [-0.15, -0.1) is 0 Å². The first-order valence-corrected chi connectivity index (χ1v) is 9.39. The largest absolute Gasteiger partial charge is 0.378 e. The van der Waals surface area contributed by atoms with Gasteiger partial charge < -0.3 is 9.64 Å². The highest BCUT2D eigenvalue weighted by molar-refractivity contribution is 7.89. The molecule has 0 atom stereocenters. The van der Waals surface area contributed by atoms with E-state index in [0.29, 0.717) is 32.0 Å². The highest BCUT2D eigenvalue weighted by atomic mass is 32.2. The molecule has 2 aromatic rings. The highest BCUT2D eigenvalue weighted by Crippen LogP contribution is 2.26. The van der Waals surface area contributed by atoms with Crippen LogP contribution in [-0.2, 0) is 14.8 Å².